The van der Waals surface area contributed by atoms with Gasteiger partial charge >= 0.3 is 5.97 Å². The molecule has 3 aromatic carbocycles. The number of nitro benzene ring substituents is 2. The van der Waals surface area contributed by atoms with Gasteiger partial charge in [0, 0.05) is 42.0 Å². The molecule has 40 heavy (non-hydrogen) atoms. The van der Waals surface area contributed by atoms with Gasteiger partial charge < -0.3 is 4.74 Å². The summed E-state index contributed by atoms with van der Waals surface area (Å²) in [5, 5.41) is 21.7. The Morgan fingerprint density at radius 1 is 0.825 bits per heavy atom. The molecule has 0 bridgehead atoms. The van der Waals surface area contributed by atoms with E-state index in [1.54, 1.807) is 41.3 Å². The van der Waals surface area contributed by atoms with Crippen LogP contribution in [-0.2, 0) is 9.59 Å². The topological polar surface area (TPSA) is 133 Å². The van der Waals surface area contributed by atoms with Crippen molar-refractivity contribution >= 4 is 46.7 Å². The van der Waals surface area contributed by atoms with Gasteiger partial charge in [0.15, 0.2) is 0 Å². The van der Waals surface area contributed by atoms with Crippen molar-refractivity contribution in [3.63, 3.8) is 0 Å². The number of ether oxygens (including phenoxy) is 1. The van der Waals surface area contributed by atoms with E-state index >= 15 is 0 Å². The second-order valence-corrected chi connectivity index (χ2v) is 9.62. The summed E-state index contributed by atoms with van der Waals surface area (Å²) >= 11 is 0. The number of allylic oxidation sites excluding steroid dienone is 1. The van der Waals surface area contributed by atoms with Gasteiger partial charge in [-0.2, -0.15) is 0 Å². The number of benzene rings is 3. The van der Waals surface area contributed by atoms with E-state index in [-0.39, 0.29) is 17.3 Å². The van der Waals surface area contributed by atoms with E-state index in [1.165, 1.54) is 54.6 Å². The van der Waals surface area contributed by atoms with E-state index in [0.29, 0.717) is 22.6 Å². The molecule has 0 aromatic heterocycles. The summed E-state index contributed by atoms with van der Waals surface area (Å²) in [6.07, 6.45) is 7.69. The minimum atomic E-state index is -0.653. The number of anilines is 1. The van der Waals surface area contributed by atoms with Crippen LogP contribution in [0.25, 0.3) is 17.7 Å². The molecule has 0 radical (unpaired) electrons. The molecule has 1 aliphatic heterocycles. The van der Waals surface area contributed by atoms with Gasteiger partial charge in [-0.3, -0.25) is 29.9 Å². The standard InChI is InChI=1S/C30H25N3O7/c1-20-19-30(2,3)31(28(34)16-8-21-4-10-23(11-5-21)32(36)37)27-15-14-25(18-26(20)27)40-29(35)17-9-22-6-12-24(13-7-22)33(38)39/h4-19H,1-3H3/b16-8+,17-9+. The third kappa shape index (κ3) is 6.18. The molecule has 1 heterocycles. The number of rotatable bonds is 7. The van der Waals surface area contributed by atoms with Crippen molar-refractivity contribution in [1.29, 1.82) is 0 Å². The molecule has 0 saturated heterocycles. The Hall–Kier alpha value is -5.38. The number of non-ortho nitro benzene ring substituents is 2. The van der Waals surface area contributed by atoms with Crippen molar-refractivity contribution in [2.75, 3.05) is 4.90 Å². The van der Waals surface area contributed by atoms with Crippen LogP contribution in [0, 0.1) is 20.2 Å². The highest BCUT2D eigenvalue weighted by molar-refractivity contribution is 6.08. The smallest absolute Gasteiger partial charge is 0.336 e. The van der Waals surface area contributed by atoms with Gasteiger partial charge in [0.05, 0.1) is 21.1 Å². The molecule has 0 N–H and O–H groups in total. The lowest BCUT2D eigenvalue weighted by atomic mass is 9.88. The maximum absolute atomic E-state index is 13.3. The summed E-state index contributed by atoms with van der Waals surface area (Å²) in [6, 6.07) is 16.6. The third-order valence-electron chi connectivity index (χ3n) is 6.26. The van der Waals surface area contributed by atoms with Crippen LogP contribution in [0.5, 0.6) is 5.75 Å². The van der Waals surface area contributed by atoms with Crippen LogP contribution in [-0.4, -0.2) is 27.3 Å². The number of carbonyl (C=O) groups is 2. The Bertz CT molecular complexity index is 1580. The largest absolute Gasteiger partial charge is 0.423 e. The summed E-state index contributed by atoms with van der Waals surface area (Å²) in [6.45, 7) is 5.73. The minimum Gasteiger partial charge on any atom is -0.423 e. The number of nitrogens with zero attached hydrogens (tertiary/aromatic N) is 3. The van der Waals surface area contributed by atoms with Gasteiger partial charge in [0.1, 0.15) is 5.75 Å². The van der Waals surface area contributed by atoms with E-state index < -0.39 is 21.4 Å². The fraction of sp³-hybridized carbons (Fsp3) is 0.133. The number of hydrogen-bond acceptors (Lipinski definition) is 7. The number of amides is 1. The van der Waals surface area contributed by atoms with Crippen molar-refractivity contribution in [3.8, 4) is 5.75 Å². The molecule has 1 amide bonds. The van der Waals surface area contributed by atoms with Crippen LogP contribution in [0.4, 0.5) is 17.1 Å². The number of fused-ring (bicyclic) bond motifs is 1. The lowest BCUT2D eigenvalue weighted by Gasteiger charge is -2.41. The van der Waals surface area contributed by atoms with Crippen LogP contribution in [0.15, 0.2) is 85.0 Å². The first kappa shape index (κ1) is 27.6. The van der Waals surface area contributed by atoms with Crippen LogP contribution in [0.1, 0.15) is 37.5 Å². The quantitative estimate of drug-likeness (QED) is 0.112. The molecule has 1 aliphatic rings. The van der Waals surface area contributed by atoms with Crippen molar-refractivity contribution < 1.29 is 24.2 Å². The zero-order chi connectivity index (χ0) is 29.0. The number of esters is 1. The molecule has 0 unspecified atom stereocenters. The Balaban J connectivity index is 1.52. The summed E-state index contributed by atoms with van der Waals surface area (Å²) in [4.78, 5) is 48.1. The van der Waals surface area contributed by atoms with Crippen LogP contribution in [0.3, 0.4) is 0 Å². The predicted molar refractivity (Wildman–Crippen MR) is 152 cm³/mol. The maximum atomic E-state index is 13.3. The second-order valence-electron chi connectivity index (χ2n) is 9.62. The zero-order valence-electron chi connectivity index (χ0n) is 21.9. The van der Waals surface area contributed by atoms with E-state index in [1.807, 2.05) is 26.8 Å². The molecular weight excluding hydrogens is 514 g/mol. The molecule has 0 spiro atoms. The van der Waals surface area contributed by atoms with Gasteiger partial charge in [0.2, 0.25) is 0 Å². The van der Waals surface area contributed by atoms with Gasteiger partial charge in [-0.05, 0) is 92.1 Å². The summed E-state index contributed by atoms with van der Waals surface area (Å²) in [7, 11) is 0. The van der Waals surface area contributed by atoms with Gasteiger partial charge in [-0.1, -0.05) is 6.08 Å². The minimum absolute atomic E-state index is 0.0338. The summed E-state index contributed by atoms with van der Waals surface area (Å²) in [5.74, 6) is -0.627. The molecule has 10 heteroatoms. The Labute approximate surface area is 229 Å². The zero-order valence-corrected chi connectivity index (χ0v) is 21.9. The van der Waals surface area contributed by atoms with Gasteiger partial charge in [-0.15, -0.1) is 0 Å². The second kappa shape index (κ2) is 11.2. The SMILES string of the molecule is CC1=CC(C)(C)N(C(=O)/C=C/c2ccc([N+](=O)[O-])cc2)c2ccc(OC(=O)/C=C/c3ccc([N+](=O)[O-])cc3)cc21. The first-order chi connectivity index (χ1) is 18.9. The maximum Gasteiger partial charge on any atom is 0.336 e. The number of hydrogen-bond donors (Lipinski definition) is 0. The first-order valence-corrected chi connectivity index (χ1v) is 12.2. The molecule has 0 aliphatic carbocycles. The highest BCUT2D eigenvalue weighted by atomic mass is 16.6. The molecule has 202 valence electrons. The number of carbonyl (C=O) groups excluding carboxylic acids is 2. The average molecular weight is 540 g/mol. The fourth-order valence-corrected chi connectivity index (χ4v) is 4.45. The molecular formula is C30H25N3O7. The van der Waals surface area contributed by atoms with E-state index in [9.17, 15) is 29.8 Å². The Morgan fingerprint density at radius 2 is 1.35 bits per heavy atom. The molecule has 10 nitrogen and oxygen atoms in total. The first-order valence-electron chi connectivity index (χ1n) is 12.2. The van der Waals surface area contributed by atoms with Crippen LogP contribution < -0.4 is 9.64 Å². The number of nitro groups is 2. The summed E-state index contributed by atoms with van der Waals surface area (Å²) < 4.78 is 5.47. The Morgan fingerprint density at radius 3 is 1.88 bits per heavy atom. The fourth-order valence-electron chi connectivity index (χ4n) is 4.45. The van der Waals surface area contributed by atoms with Crippen molar-refractivity contribution in [1.82, 2.24) is 0 Å². The molecule has 0 atom stereocenters. The third-order valence-corrected chi connectivity index (χ3v) is 6.26. The lowest BCUT2D eigenvalue weighted by Crippen LogP contribution is -2.48. The molecule has 3 aromatic rings. The monoisotopic (exact) mass is 539 g/mol. The van der Waals surface area contributed by atoms with Gasteiger partial charge in [-0.25, -0.2) is 4.79 Å². The van der Waals surface area contributed by atoms with Crippen LogP contribution in [0.2, 0.25) is 0 Å². The van der Waals surface area contributed by atoms with E-state index in [0.717, 1.165) is 11.1 Å². The van der Waals surface area contributed by atoms with E-state index in [4.69, 9.17) is 4.74 Å². The van der Waals surface area contributed by atoms with Crippen molar-refractivity contribution in [3.05, 3.63) is 122 Å². The lowest BCUT2D eigenvalue weighted by molar-refractivity contribution is -0.385. The molecule has 4 rings (SSSR count). The van der Waals surface area contributed by atoms with Crippen LogP contribution >= 0.6 is 0 Å². The van der Waals surface area contributed by atoms with Crippen molar-refractivity contribution in [2.45, 2.75) is 26.3 Å². The summed E-state index contributed by atoms with van der Waals surface area (Å²) in [5.41, 5.74) is 2.78. The average Bonchev–Trinajstić information content (AvgIpc) is 2.91. The van der Waals surface area contributed by atoms with Crippen molar-refractivity contribution in [2.24, 2.45) is 0 Å². The Kier molecular flexibility index (Phi) is 7.71. The predicted octanol–water partition coefficient (Wildman–Crippen LogP) is 6.36. The molecule has 0 saturated carbocycles. The molecule has 0 fully saturated rings. The normalized spacial score (nSPS) is 14.1. The highest BCUT2D eigenvalue weighted by Crippen LogP contribution is 2.41. The van der Waals surface area contributed by atoms with E-state index in [2.05, 4.69) is 0 Å². The van der Waals surface area contributed by atoms with Gasteiger partial charge in [0.25, 0.3) is 17.3 Å². The highest BCUT2D eigenvalue weighted by Gasteiger charge is 2.35.